The van der Waals surface area contributed by atoms with Crippen molar-refractivity contribution in [2.24, 2.45) is 0 Å². The molecule has 0 saturated carbocycles. The van der Waals surface area contributed by atoms with Crippen LogP contribution >= 0.6 is 27.5 Å². The molecule has 2 rings (SSSR count). The number of nitrogens with zero attached hydrogens (tertiary/aromatic N) is 1. The predicted octanol–water partition coefficient (Wildman–Crippen LogP) is 4.37. The molecule has 118 valence electrons. The Morgan fingerprint density at radius 2 is 2.00 bits per heavy atom. The summed E-state index contributed by atoms with van der Waals surface area (Å²) in [4.78, 5) is 2.48. The van der Waals surface area contributed by atoms with Crippen molar-refractivity contribution in [2.75, 3.05) is 26.2 Å². The van der Waals surface area contributed by atoms with Gasteiger partial charge in [-0.3, -0.25) is 4.90 Å². The lowest BCUT2D eigenvalue weighted by atomic mass is 10.2. The van der Waals surface area contributed by atoms with Crippen LogP contribution in [0.5, 0.6) is 5.75 Å². The number of unbranched alkanes of at least 4 members (excludes halogenated alkanes) is 1. The molecule has 0 aromatic heterocycles. The fourth-order valence-corrected chi connectivity index (χ4v) is 3.48. The van der Waals surface area contributed by atoms with Crippen molar-refractivity contribution in [3.8, 4) is 5.75 Å². The van der Waals surface area contributed by atoms with Crippen LogP contribution in [-0.4, -0.2) is 43.3 Å². The average molecular weight is 377 g/mol. The monoisotopic (exact) mass is 375 g/mol. The summed E-state index contributed by atoms with van der Waals surface area (Å²) in [7, 11) is 0. The number of hydrogen-bond acceptors (Lipinski definition) is 3. The highest BCUT2D eigenvalue weighted by atomic mass is 79.9. The van der Waals surface area contributed by atoms with Crippen LogP contribution in [0.1, 0.15) is 26.7 Å². The van der Waals surface area contributed by atoms with E-state index in [-0.39, 0.29) is 0 Å². The van der Waals surface area contributed by atoms with Gasteiger partial charge in [-0.1, -0.05) is 11.6 Å². The predicted molar refractivity (Wildman–Crippen MR) is 90.3 cm³/mol. The highest BCUT2D eigenvalue weighted by Crippen LogP contribution is 2.28. The third-order valence-corrected chi connectivity index (χ3v) is 4.37. The van der Waals surface area contributed by atoms with Crippen LogP contribution in [-0.2, 0) is 4.74 Å². The maximum absolute atomic E-state index is 5.91. The molecule has 3 nitrogen and oxygen atoms in total. The lowest BCUT2D eigenvalue weighted by Crippen LogP contribution is -2.45. The molecule has 0 bridgehead atoms. The largest absolute Gasteiger partial charge is 0.492 e. The molecular weight excluding hydrogens is 354 g/mol. The molecule has 1 heterocycles. The maximum Gasteiger partial charge on any atom is 0.133 e. The first kappa shape index (κ1) is 17.1. The summed E-state index contributed by atoms with van der Waals surface area (Å²) in [6.45, 7) is 8.20. The molecule has 0 unspecified atom stereocenters. The summed E-state index contributed by atoms with van der Waals surface area (Å²) in [6, 6.07) is 5.60. The van der Waals surface area contributed by atoms with Gasteiger partial charge in [0.25, 0.3) is 0 Å². The zero-order valence-corrected chi connectivity index (χ0v) is 15.0. The molecule has 0 spiro atoms. The first-order valence-electron chi connectivity index (χ1n) is 7.50. The van der Waals surface area contributed by atoms with Gasteiger partial charge in [0, 0.05) is 18.1 Å². The normalized spacial score (nSPS) is 23.2. The molecule has 0 amide bonds. The third-order valence-electron chi connectivity index (χ3n) is 3.52. The molecule has 1 aliphatic rings. The fraction of sp³-hybridized carbons (Fsp3) is 0.625. The first-order valence-corrected chi connectivity index (χ1v) is 8.67. The molecule has 1 fully saturated rings. The smallest absolute Gasteiger partial charge is 0.133 e. The average Bonchev–Trinajstić information content (AvgIpc) is 2.39. The molecule has 21 heavy (non-hydrogen) atoms. The van der Waals surface area contributed by atoms with Crippen LogP contribution in [0.15, 0.2) is 22.7 Å². The van der Waals surface area contributed by atoms with Crippen LogP contribution < -0.4 is 4.74 Å². The van der Waals surface area contributed by atoms with Gasteiger partial charge in [0.1, 0.15) is 5.75 Å². The Morgan fingerprint density at radius 3 is 2.67 bits per heavy atom. The summed E-state index contributed by atoms with van der Waals surface area (Å²) in [5.41, 5.74) is 0. The SMILES string of the molecule is C[C@@H]1CN(CCCCOc2ccc(Cl)cc2Br)C[C@@H](C)O1. The van der Waals surface area contributed by atoms with Gasteiger partial charge in [0.2, 0.25) is 0 Å². The van der Waals surface area contributed by atoms with Gasteiger partial charge in [-0.15, -0.1) is 0 Å². The first-order chi connectivity index (χ1) is 10.0. The second kappa shape index (κ2) is 8.37. The van der Waals surface area contributed by atoms with Crippen molar-refractivity contribution in [3.63, 3.8) is 0 Å². The minimum Gasteiger partial charge on any atom is -0.492 e. The molecule has 0 aliphatic carbocycles. The van der Waals surface area contributed by atoms with E-state index in [2.05, 4.69) is 34.7 Å². The van der Waals surface area contributed by atoms with Crippen molar-refractivity contribution in [3.05, 3.63) is 27.7 Å². The van der Waals surface area contributed by atoms with Gasteiger partial charge in [-0.25, -0.2) is 0 Å². The molecule has 2 atom stereocenters. The summed E-state index contributed by atoms with van der Waals surface area (Å²) < 4.78 is 12.4. The van der Waals surface area contributed by atoms with Gasteiger partial charge in [-0.05, 0) is 67.4 Å². The van der Waals surface area contributed by atoms with E-state index in [0.717, 1.165) is 49.3 Å². The Hall–Kier alpha value is -0.290. The van der Waals surface area contributed by atoms with Crippen molar-refractivity contribution < 1.29 is 9.47 Å². The molecule has 1 aromatic rings. The van der Waals surface area contributed by atoms with Gasteiger partial charge >= 0.3 is 0 Å². The number of halogens is 2. The summed E-state index contributed by atoms with van der Waals surface area (Å²) in [5, 5.41) is 0.713. The molecule has 1 saturated heterocycles. The van der Waals surface area contributed by atoms with Crippen LogP contribution in [0.4, 0.5) is 0 Å². The highest BCUT2D eigenvalue weighted by molar-refractivity contribution is 9.10. The van der Waals surface area contributed by atoms with Crippen molar-refractivity contribution >= 4 is 27.5 Å². The van der Waals surface area contributed by atoms with Crippen molar-refractivity contribution in [2.45, 2.75) is 38.9 Å². The van der Waals surface area contributed by atoms with E-state index in [4.69, 9.17) is 21.1 Å². The molecular formula is C16H23BrClNO2. The number of benzene rings is 1. The van der Waals surface area contributed by atoms with Crippen LogP contribution in [0.3, 0.4) is 0 Å². The fourth-order valence-electron chi connectivity index (χ4n) is 2.68. The molecule has 0 N–H and O–H groups in total. The Labute approximate surface area is 140 Å². The number of hydrogen-bond donors (Lipinski definition) is 0. The summed E-state index contributed by atoms with van der Waals surface area (Å²) >= 11 is 9.37. The van der Waals surface area contributed by atoms with Crippen LogP contribution in [0.2, 0.25) is 5.02 Å². The molecule has 1 aliphatic heterocycles. The Kier molecular flexibility index (Phi) is 6.80. The number of rotatable bonds is 6. The lowest BCUT2D eigenvalue weighted by Gasteiger charge is -2.35. The van der Waals surface area contributed by atoms with Crippen LogP contribution in [0.25, 0.3) is 0 Å². The van der Waals surface area contributed by atoms with E-state index < -0.39 is 0 Å². The van der Waals surface area contributed by atoms with Crippen molar-refractivity contribution in [1.82, 2.24) is 4.90 Å². The second-order valence-electron chi connectivity index (χ2n) is 5.65. The minimum absolute atomic E-state index is 0.343. The Bertz CT molecular complexity index is 448. The molecule has 1 aromatic carbocycles. The second-order valence-corrected chi connectivity index (χ2v) is 6.94. The zero-order valence-electron chi connectivity index (χ0n) is 12.6. The molecule has 0 radical (unpaired) electrons. The van der Waals surface area contributed by atoms with E-state index in [1.54, 1.807) is 0 Å². The quantitative estimate of drug-likeness (QED) is 0.688. The van der Waals surface area contributed by atoms with Gasteiger partial charge in [-0.2, -0.15) is 0 Å². The van der Waals surface area contributed by atoms with E-state index >= 15 is 0 Å². The van der Waals surface area contributed by atoms with E-state index in [0.29, 0.717) is 17.2 Å². The van der Waals surface area contributed by atoms with E-state index in [1.165, 1.54) is 0 Å². The van der Waals surface area contributed by atoms with Crippen molar-refractivity contribution in [1.29, 1.82) is 0 Å². The summed E-state index contributed by atoms with van der Waals surface area (Å²) in [6.07, 6.45) is 2.88. The van der Waals surface area contributed by atoms with Gasteiger partial charge < -0.3 is 9.47 Å². The zero-order chi connectivity index (χ0) is 15.2. The lowest BCUT2D eigenvalue weighted by molar-refractivity contribution is -0.0682. The third kappa shape index (κ3) is 5.78. The van der Waals surface area contributed by atoms with Crippen LogP contribution in [0, 0.1) is 0 Å². The summed E-state index contributed by atoms with van der Waals surface area (Å²) in [5.74, 6) is 0.855. The topological polar surface area (TPSA) is 21.7 Å². The number of morpholine rings is 1. The standard InChI is InChI=1S/C16H23BrClNO2/c1-12-10-19(11-13(2)21-12)7-3-4-8-20-16-6-5-14(18)9-15(16)17/h5-6,9,12-13H,3-4,7-8,10-11H2,1-2H3/t12-,13-/m1/s1. The number of ether oxygens (including phenoxy) is 2. The van der Waals surface area contributed by atoms with E-state index in [1.807, 2.05) is 18.2 Å². The van der Waals surface area contributed by atoms with Gasteiger partial charge in [0.05, 0.1) is 23.3 Å². The highest BCUT2D eigenvalue weighted by Gasteiger charge is 2.21. The Balaban J connectivity index is 1.63. The maximum atomic E-state index is 5.91. The Morgan fingerprint density at radius 1 is 1.29 bits per heavy atom. The van der Waals surface area contributed by atoms with E-state index in [9.17, 15) is 0 Å². The minimum atomic E-state index is 0.343. The molecule has 5 heteroatoms. The van der Waals surface area contributed by atoms with Gasteiger partial charge in [0.15, 0.2) is 0 Å².